The molecule has 0 amide bonds. The lowest BCUT2D eigenvalue weighted by molar-refractivity contribution is 0.0600. The lowest BCUT2D eigenvalue weighted by Crippen LogP contribution is -2.01. The molecule has 1 aromatic carbocycles. The van der Waals surface area contributed by atoms with E-state index in [2.05, 4.69) is 14.8 Å². The van der Waals surface area contributed by atoms with Gasteiger partial charge in [0.2, 0.25) is 0 Å². The monoisotopic (exact) mass is 269 g/mol. The Bertz CT molecular complexity index is 795. The molecule has 0 atom stereocenters. The number of phenols is 1. The molecule has 0 aliphatic rings. The Kier molecular flexibility index (Phi) is 2.83. The fourth-order valence-electron chi connectivity index (χ4n) is 2.03. The van der Waals surface area contributed by atoms with Crippen LogP contribution in [0.15, 0.2) is 42.9 Å². The van der Waals surface area contributed by atoms with Gasteiger partial charge in [0.05, 0.1) is 18.9 Å². The van der Waals surface area contributed by atoms with E-state index in [1.807, 2.05) is 0 Å². The molecule has 0 spiro atoms. The number of phenolic OH excluding ortho intramolecular Hbond substituents is 1. The van der Waals surface area contributed by atoms with Gasteiger partial charge in [-0.3, -0.25) is 0 Å². The first-order chi connectivity index (χ1) is 9.69. The number of fused-ring (bicyclic) bond motifs is 1. The predicted octanol–water partition coefficient (Wildman–Crippen LogP) is 1.89. The highest BCUT2D eigenvalue weighted by Crippen LogP contribution is 2.28. The highest BCUT2D eigenvalue weighted by molar-refractivity contribution is 5.92. The lowest BCUT2D eigenvalue weighted by atomic mass is 10.1. The van der Waals surface area contributed by atoms with E-state index in [1.165, 1.54) is 13.2 Å². The molecule has 3 rings (SSSR count). The first-order valence-electron chi connectivity index (χ1n) is 5.90. The Balaban J connectivity index is 2.19. The van der Waals surface area contributed by atoms with Crippen LogP contribution in [-0.2, 0) is 4.74 Å². The summed E-state index contributed by atoms with van der Waals surface area (Å²) in [6, 6.07) is 6.32. The van der Waals surface area contributed by atoms with Gasteiger partial charge in [0.1, 0.15) is 5.75 Å². The van der Waals surface area contributed by atoms with Crippen LogP contribution in [0.1, 0.15) is 10.4 Å². The zero-order valence-electron chi connectivity index (χ0n) is 10.6. The van der Waals surface area contributed by atoms with Gasteiger partial charge in [0, 0.05) is 18.0 Å². The van der Waals surface area contributed by atoms with E-state index in [-0.39, 0.29) is 11.3 Å². The minimum Gasteiger partial charge on any atom is -0.508 e. The Hall–Kier alpha value is -2.89. The number of carbonyl (C=O) groups excluding carboxylic acids is 1. The number of benzene rings is 1. The molecule has 2 heterocycles. The van der Waals surface area contributed by atoms with E-state index in [0.717, 1.165) is 5.56 Å². The molecule has 0 radical (unpaired) electrons. The average molecular weight is 269 g/mol. The molecule has 0 bridgehead atoms. The lowest BCUT2D eigenvalue weighted by Gasteiger charge is -2.04. The van der Waals surface area contributed by atoms with Crippen molar-refractivity contribution in [1.82, 2.24) is 14.6 Å². The number of aromatic hydroxyl groups is 1. The number of carbonyl (C=O) groups is 1. The summed E-state index contributed by atoms with van der Waals surface area (Å²) >= 11 is 0. The Labute approximate surface area is 114 Å². The van der Waals surface area contributed by atoms with Gasteiger partial charge in [-0.25, -0.2) is 14.3 Å². The third-order valence-electron chi connectivity index (χ3n) is 2.93. The highest BCUT2D eigenvalue weighted by atomic mass is 16.5. The molecule has 6 heteroatoms. The topological polar surface area (TPSA) is 76.7 Å². The van der Waals surface area contributed by atoms with Crippen LogP contribution in [0.25, 0.3) is 16.8 Å². The van der Waals surface area contributed by atoms with E-state index in [9.17, 15) is 9.90 Å². The van der Waals surface area contributed by atoms with Gasteiger partial charge < -0.3 is 9.84 Å². The second-order valence-corrected chi connectivity index (χ2v) is 4.21. The molecule has 1 N–H and O–H groups in total. The normalized spacial score (nSPS) is 10.7. The van der Waals surface area contributed by atoms with Crippen LogP contribution in [0.5, 0.6) is 5.75 Å². The van der Waals surface area contributed by atoms with Crippen molar-refractivity contribution in [3.05, 3.63) is 48.4 Å². The summed E-state index contributed by atoms with van der Waals surface area (Å²) in [7, 11) is 1.29. The third-order valence-corrected chi connectivity index (χ3v) is 2.93. The van der Waals surface area contributed by atoms with Crippen LogP contribution in [0, 0.1) is 0 Å². The summed E-state index contributed by atoms with van der Waals surface area (Å²) in [5.74, 6) is -0.523. The second kappa shape index (κ2) is 4.65. The van der Waals surface area contributed by atoms with Crippen LogP contribution in [-0.4, -0.2) is 32.8 Å². The zero-order chi connectivity index (χ0) is 14.1. The van der Waals surface area contributed by atoms with Gasteiger partial charge in [-0.2, -0.15) is 5.10 Å². The van der Waals surface area contributed by atoms with Crippen molar-refractivity contribution in [2.75, 3.05) is 7.11 Å². The highest BCUT2D eigenvalue weighted by Gasteiger charge is 2.13. The molecule has 0 aliphatic heterocycles. The number of esters is 1. The summed E-state index contributed by atoms with van der Waals surface area (Å²) in [4.78, 5) is 15.8. The second-order valence-electron chi connectivity index (χ2n) is 4.21. The number of nitrogens with zero attached hydrogens (tertiary/aromatic N) is 3. The Morgan fingerprint density at radius 2 is 2.20 bits per heavy atom. The minimum absolute atomic E-state index is 0.0156. The zero-order valence-corrected chi connectivity index (χ0v) is 10.6. The summed E-state index contributed by atoms with van der Waals surface area (Å²) < 4.78 is 6.29. The van der Waals surface area contributed by atoms with Crippen molar-refractivity contribution in [3.63, 3.8) is 0 Å². The standard InChI is InChI=1S/C14H11N3O3/c1-20-14(19)10-5-9(6-11(18)7-10)12-8-16-17-4-2-3-15-13(12)17/h2-8,18H,1H3. The minimum atomic E-state index is -0.508. The summed E-state index contributed by atoms with van der Waals surface area (Å²) in [6.45, 7) is 0. The summed E-state index contributed by atoms with van der Waals surface area (Å²) in [5, 5.41) is 13.9. The molecule has 0 saturated carbocycles. The van der Waals surface area contributed by atoms with Gasteiger partial charge in [-0.1, -0.05) is 0 Å². The molecule has 0 aliphatic carbocycles. The maximum absolute atomic E-state index is 11.6. The predicted molar refractivity (Wildman–Crippen MR) is 71.4 cm³/mol. The largest absolute Gasteiger partial charge is 0.508 e. The van der Waals surface area contributed by atoms with Crippen molar-refractivity contribution in [1.29, 1.82) is 0 Å². The molecular formula is C14H11N3O3. The fourth-order valence-corrected chi connectivity index (χ4v) is 2.03. The summed E-state index contributed by atoms with van der Waals surface area (Å²) in [5.41, 5.74) is 2.30. The molecule has 6 nitrogen and oxygen atoms in total. The molecule has 0 unspecified atom stereocenters. The quantitative estimate of drug-likeness (QED) is 0.719. The van der Waals surface area contributed by atoms with Crippen molar-refractivity contribution < 1.29 is 14.6 Å². The van der Waals surface area contributed by atoms with E-state index >= 15 is 0 Å². The van der Waals surface area contributed by atoms with Crippen LogP contribution >= 0.6 is 0 Å². The molecule has 20 heavy (non-hydrogen) atoms. The van der Waals surface area contributed by atoms with Crippen LogP contribution in [0.3, 0.4) is 0 Å². The molecule has 3 aromatic rings. The average Bonchev–Trinajstić information content (AvgIpc) is 2.89. The number of ether oxygens (including phenoxy) is 1. The fraction of sp³-hybridized carbons (Fsp3) is 0.0714. The van der Waals surface area contributed by atoms with E-state index in [0.29, 0.717) is 11.2 Å². The van der Waals surface area contributed by atoms with Gasteiger partial charge in [-0.15, -0.1) is 0 Å². The number of aromatic nitrogens is 3. The molecule has 0 saturated heterocycles. The number of methoxy groups -OCH3 is 1. The number of hydrogen-bond acceptors (Lipinski definition) is 5. The molecule has 2 aromatic heterocycles. The van der Waals surface area contributed by atoms with E-state index in [1.54, 1.807) is 41.3 Å². The van der Waals surface area contributed by atoms with Crippen LogP contribution in [0.2, 0.25) is 0 Å². The van der Waals surface area contributed by atoms with Crippen molar-refractivity contribution in [3.8, 4) is 16.9 Å². The van der Waals surface area contributed by atoms with Gasteiger partial charge in [0.25, 0.3) is 0 Å². The maximum Gasteiger partial charge on any atom is 0.338 e. The molecule has 100 valence electrons. The Morgan fingerprint density at radius 1 is 1.35 bits per heavy atom. The SMILES string of the molecule is COC(=O)c1cc(O)cc(-c2cnn3cccnc23)c1. The van der Waals surface area contributed by atoms with Crippen molar-refractivity contribution in [2.24, 2.45) is 0 Å². The molecule has 0 fully saturated rings. The maximum atomic E-state index is 11.6. The van der Waals surface area contributed by atoms with Gasteiger partial charge in [0.15, 0.2) is 5.65 Å². The van der Waals surface area contributed by atoms with E-state index < -0.39 is 5.97 Å². The van der Waals surface area contributed by atoms with Crippen LogP contribution in [0.4, 0.5) is 0 Å². The first kappa shape index (κ1) is 12.2. The number of rotatable bonds is 2. The summed E-state index contributed by atoms with van der Waals surface area (Å²) in [6.07, 6.45) is 5.07. The smallest absolute Gasteiger partial charge is 0.338 e. The van der Waals surface area contributed by atoms with Crippen LogP contribution < -0.4 is 0 Å². The first-order valence-corrected chi connectivity index (χ1v) is 5.90. The number of hydrogen-bond donors (Lipinski definition) is 1. The van der Waals surface area contributed by atoms with Gasteiger partial charge >= 0.3 is 5.97 Å². The Morgan fingerprint density at radius 3 is 3.00 bits per heavy atom. The van der Waals surface area contributed by atoms with Crippen molar-refractivity contribution >= 4 is 11.6 Å². The van der Waals surface area contributed by atoms with Crippen molar-refractivity contribution in [2.45, 2.75) is 0 Å². The third kappa shape index (κ3) is 1.97. The molecular weight excluding hydrogens is 258 g/mol. The van der Waals surface area contributed by atoms with Gasteiger partial charge in [-0.05, 0) is 29.8 Å². The van der Waals surface area contributed by atoms with E-state index in [4.69, 9.17) is 0 Å².